The third kappa shape index (κ3) is 7.00. The maximum absolute atomic E-state index is 11.6. The Morgan fingerprint density at radius 2 is 1.94 bits per heavy atom. The zero-order chi connectivity index (χ0) is 12.8. The molecule has 0 heterocycles. The zero-order valence-corrected chi connectivity index (χ0v) is 12.2. The molecule has 0 aromatic rings. The predicted molar refractivity (Wildman–Crippen MR) is 68.0 cm³/mol. The molecule has 16 heavy (non-hydrogen) atoms. The van der Waals surface area contributed by atoms with E-state index in [0.29, 0.717) is 6.61 Å². The number of halogens is 1. The molecule has 0 aromatic carbocycles. The molecule has 0 rings (SSSR count). The average molecular weight is 343 g/mol. The van der Waals surface area contributed by atoms with E-state index in [0.717, 1.165) is 0 Å². The fraction of sp³-hybridized carbons (Fsp3) is 0.800. The summed E-state index contributed by atoms with van der Waals surface area (Å²) in [5.41, 5.74) is -0.275. The second-order valence-corrected chi connectivity index (χ2v) is 4.79. The summed E-state index contributed by atoms with van der Waals surface area (Å²) in [7, 11) is 0. The number of nitrogens with one attached hydrogen (secondary N) is 1. The van der Waals surface area contributed by atoms with Crippen LogP contribution in [0.5, 0.6) is 0 Å². The summed E-state index contributed by atoms with van der Waals surface area (Å²) < 4.78 is 9.39. The van der Waals surface area contributed by atoms with Gasteiger partial charge in [-0.05, 0) is 27.7 Å². The molecule has 1 N–H and O–H groups in total. The van der Waals surface area contributed by atoms with Crippen LogP contribution in [0.1, 0.15) is 34.1 Å². The molecule has 0 aliphatic carbocycles. The molecular weight excluding hydrogens is 325 g/mol. The normalized spacial score (nSPS) is 13.1. The second kappa shape index (κ2) is 7.05. The maximum atomic E-state index is 11.6. The number of esters is 1. The summed E-state index contributed by atoms with van der Waals surface area (Å²) in [6.07, 6.45) is -0.0287. The fourth-order valence-corrected chi connectivity index (χ4v) is 1.34. The lowest BCUT2D eigenvalue weighted by Gasteiger charge is -2.26. The first-order chi connectivity index (χ1) is 7.30. The van der Waals surface area contributed by atoms with Crippen molar-refractivity contribution in [2.75, 3.05) is 6.61 Å². The summed E-state index contributed by atoms with van der Waals surface area (Å²) in [4.78, 5) is 22.7. The summed E-state index contributed by atoms with van der Waals surface area (Å²) in [5.74, 6) is -0.880. The van der Waals surface area contributed by atoms with Crippen molar-refractivity contribution in [3.63, 3.8) is 0 Å². The van der Waals surface area contributed by atoms with Gasteiger partial charge in [0.2, 0.25) is 0 Å². The van der Waals surface area contributed by atoms with E-state index in [2.05, 4.69) is 8.38 Å². The summed E-state index contributed by atoms with van der Waals surface area (Å²) in [5, 5.41) is 3.03. The third-order valence-corrected chi connectivity index (χ3v) is 2.13. The van der Waals surface area contributed by atoms with Crippen LogP contribution in [0, 0.1) is 0 Å². The van der Waals surface area contributed by atoms with Gasteiger partial charge in [-0.1, -0.05) is 0 Å². The van der Waals surface area contributed by atoms with Crippen LogP contribution >= 0.6 is 23.0 Å². The average Bonchev–Trinajstić information content (AvgIpc) is 2.14. The van der Waals surface area contributed by atoms with Gasteiger partial charge < -0.3 is 7.80 Å². The van der Waals surface area contributed by atoms with Gasteiger partial charge in [-0.3, -0.25) is 14.9 Å². The van der Waals surface area contributed by atoms with Gasteiger partial charge in [0.1, 0.15) is 6.04 Å². The van der Waals surface area contributed by atoms with Crippen LogP contribution in [0.25, 0.3) is 0 Å². The molecule has 1 atom stereocenters. The Bertz CT molecular complexity index is 250. The lowest BCUT2D eigenvalue weighted by Crippen LogP contribution is -2.49. The second-order valence-electron chi connectivity index (χ2n) is 4.35. The maximum Gasteiger partial charge on any atom is 0.323 e. The highest BCUT2D eigenvalue weighted by Gasteiger charge is 2.27. The SMILES string of the molecule is CCOC(=O)C(CC(=O)OI)NC(C)(C)C. The highest BCUT2D eigenvalue weighted by Crippen LogP contribution is 2.07. The first-order valence-electron chi connectivity index (χ1n) is 5.06. The molecule has 0 aromatic heterocycles. The smallest absolute Gasteiger partial charge is 0.323 e. The van der Waals surface area contributed by atoms with Gasteiger partial charge in [0.25, 0.3) is 0 Å². The van der Waals surface area contributed by atoms with E-state index >= 15 is 0 Å². The van der Waals surface area contributed by atoms with Gasteiger partial charge in [-0.15, -0.1) is 0 Å². The lowest BCUT2D eigenvalue weighted by molar-refractivity contribution is -0.149. The topological polar surface area (TPSA) is 64.6 Å². The number of hydrogen-bond donors (Lipinski definition) is 1. The molecular formula is C10H18INO4. The van der Waals surface area contributed by atoms with Crippen molar-refractivity contribution in [3.05, 3.63) is 0 Å². The Morgan fingerprint density at radius 1 is 1.38 bits per heavy atom. The van der Waals surface area contributed by atoms with Gasteiger partial charge in [-0.25, -0.2) is 0 Å². The Balaban J connectivity index is 4.50. The highest BCUT2D eigenvalue weighted by atomic mass is 127. The fourth-order valence-electron chi connectivity index (χ4n) is 1.16. The van der Waals surface area contributed by atoms with Crippen molar-refractivity contribution < 1.29 is 17.4 Å². The molecule has 5 nitrogen and oxygen atoms in total. The number of carbonyl (C=O) groups excluding carboxylic acids is 2. The van der Waals surface area contributed by atoms with Crippen LogP contribution in [-0.2, 0) is 17.4 Å². The monoisotopic (exact) mass is 343 g/mol. The van der Waals surface area contributed by atoms with Crippen molar-refractivity contribution in [1.82, 2.24) is 5.32 Å². The molecule has 0 aliphatic heterocycles. The summed E-state index contributed by atoms with van der Waals surface area (Å²) >= 11 is 1.50. The molecule has 1 unspecified atom stereocenters. The quantitative estimate of drug-likeness (QED) is 0.607. The van der Waals surface area contributed by atoms with E-state index in [1.165, 1.54) is 23.0 Å². The highest BCUT2D eigenvalue weighted by molar-refractivity contribution is 14.1. The molecule has 0 amide bonds. The third-order valence-electron chi connectivity index (χ3n) is 1.64. The van der Waals surface area contributed by atoms with E-state index in [1.807, 2.05) is 20.8 Å². The molecule has 0 fully saturated rings. The first kappa shape index (κ1) is 15.6. The number of ether oxygens (including phenoxy) is 1. The number of hydrogen-bond acceptors (Lipinski definition) is 5. The number of rotatable bonds is 5. The van der Waals surface area contributed by atoms with Gasteiger partial charge in [0, 0.05) is 5.54 Å². The minimum absolute atomic E-state index is 0.0287. The van der Waals surface area contributed by atoms with Gasteiger partial charge >= 0.3 is 11.9 Å². The first-order valence-corrected chi connectivity index (χ1v) is 5.94. The molecule has 94 valence electrons. The predicted octanol–water partition coefficient (Wildman–Crippen LogP) is 1.59. The van der Waals surface area contributed by atoms with E-state index in [4.69, 9.17) is 4.74 Å². The molecule has 0 saturated carbocycles. The van der Waals surface area contributed by atoms with E-state index in [1.54, 1.807) is 6.92 Å². The zero-order valence-electron chi connectivity index (χ0n) is 10.0. The van der Waals surface area contributed by atoms with E-state index < -0.39 is 18.0 Å². The van der Waals surface area contributed by atoms with Crippen molar-refractivity contribution in [2.45, 2.75) is 45.7 Å². The van der Waals surface area contributed by atoms with Crippen LogP contribution in [0.3, 0.4) is 0 Å². The van der Waals surface area contributed by atoms with Gasteiger partial charge in [0.05, 0.1) is 13.0 Å². The molecule has 0 radical (unpaired) electrons. The molecule has 6 heteroatoms. The van der Waals surface area contributed by atoms with Gasteiger partial charge in [0.15, 0.2) is 23.0 Å². The largest absolute Gasteiger partial charge is 0.465 e. The van der Waals surface area contributed by atoms with Gasteiger partial charge in [-0.2, -0.15) is 0 Å². The molecule has 0 bridgehead atoms. The molecule has 0 saturated heterocycles. The Hall–Kier alpha value is -0.370. The van der Waals surface area contributed by atoms with Crippen molar-refractivity contribution in [3.8, 4) is 0 Å². The van der Waals surface area contributed by atoms with Crippen LogP contribution < -0.4 is 5.32 Å². The lowest BCUT2D eigenvalue weighted by atomic mass is 10.1. The summed E-state index contributed by atoms with van der Waals surface area (Å²) in [6.45, 7) is 7.75. The minimum atomic E-state index is -0.665. The van der Waals surface area contributed by atoms with Crippen molar-refractivity contribution in [2.24, 2.45) is 0 Å². The Labute approximate surface area is 110 Å². The molecule has 0 aliphatic rings. The van der Waals surface area contributed by atoms with E-state index in [9.17, 15) is 9.59 Å². The Kier molecular flexibility index (Phi) is 6.89. The summed E-state index contributed by atoms with van der Waals surface area (Å²) in [6, 6.07) is -0.665. The standard InChI is InChI=1S/C10H18INO4/c1-5-15-9(14)7(6-8(13)16-11)12-10(2,3)4/h7,12H,5-6H2,1-4H3. The molecule has 0 spiro atoms. The number of carbonyl (C=O) groups is 2. The Morgan fingerprint density at radius 3 is 2.31 bits per heavy atom. The van der Waals surface area contributed by atoms with Crippen molar-refractivity contribution >= 4 is 34.9 Å². The van der Waals surface area contributed by atoms with Crippen molar-refractivity contribution in [1.29, 1.82) is 0 Å². The van der Waals surface area contributed by atoms with E-state index in [-0.39, 0.29) is 12.0 Å². The van der Waals surface area contributed by atoms with Crippen LogP contribution in [0.4, 0.5) is 0 Å². The minimum Gasteiger partial charge on any atom is -0.465 e. The van der Waals surface area contributed by atoms with Crippen LogP contribution in [-0.4, -0.2) is 30.1 Å². The van der Waals surface area contributed by atoms with Crippen LogP contribution in [0.15, 0.2) is 0 Å². The van der Waals surface area contributed by atoms with Crippen LogP contribution in [0.2, 0.25) is 0 Å².